The highest BCUT2D eigenvalue weighted by Crippen LogP contribution is 2.33. The molecule has 0 bridgehead atoms. The molecule has 0 radical (unpaired) electrons. The smallest absolute Gasteiger partial charge is 0.434 e. The van der Waals surface area contributed by atoms with E-state index in [1.165, 1.54) is 6.26 Å². The third-order valence-corrected chi connectivity index (χ3v) is 3.36. The third kappa shape index (κ3) is 3.54. The van der Waals surface area contributed by atoms with Crippen LogP contribution in [0.25, 0.3) is 5.69 Å². The molecule has 9 heteroatoms. The zero-order chi connectivity index (χ0) is 18.0. The second-order valence-corrected chi connectivity index (χ2v) is 5.05. The zero-order valence-corrected chi connectivity index (χ0v) is 12.5. The Balaban J connectivity index is 1.94. The largest absolute Gasteiger partial charge is 0.467 e. The quantitative estimate of drug-likeness (QED) is 0.730. The fourth-order valence-corrected chi connectivity index (χ4v) is 2.24. The van der Waals surface area contributed by atoms with E-state index in [1.54, 1.807) is 12.1 Å². The highest BCUT2D eigenvalue weighted by Gasteiger charge is 2.40. The number of nitrogens with one attached hydrogen (secondary N) is 1. The van der Waals surface area contributed by atoms with Gasteiger partial charge in [0.1, 0.15) is 11.6 Å². The zero-order valence-electron chi connectivity index (χ0n) is 12.5. The van der Waals surface area contributed by atoms with Crippen molar-refractivity contribution in [2.45, 2.75) is 12.7 Å². The van der Waals surface area contributed by atoms with Gasteiger partial charge in [-0.2, -0.15) is 18.3 Å². The van der Waals surface area contributed by atoms with Crippen molar-refractivity contribution < 1.29 is 26.8 Å². The minimum atomic E-state index is -4.83. The van der Waals surface area contributed by atoms with Crippen molar-refractivity contribution >= 4 is 5.91 Å². The van der Waals surface area contributed by atoms with Gasteiger partial charge in [-0.3, -0.25) is 4.79 Å². The Morgan fingerprint density at radius 3 is 2.52 bits per heavy atom. The van der Waals surface area contributed by atoms with Gasteiger partial charge in [0, 0.05) is 0 Å². The van der Waals surface area contributed by atoms with Crippen LogP contribution in [0.3, 0.4) is 0 Å². The van der Waals surface area contributed by atoms with Crippen molar-refractivity contribution in [2.75, 3.05) is 0 Å². The second-order valence-electron chi connectivity index (χ2n) is 5.05. The molecule has 3 aromatic rings. The molecule has 5 nitrogen and oxygen atoms in total. The molecule has 1 aromatic carbocycles. The molecule has 0 spiro atoms. The third-order valence-electron chi connectivity index (χ3n) is 3.36. The average molecular weight is 353 g/mol. The standard InChI is InChI=1S/C16H11F4N3O2/c17-10-3-5-11(6-4-10)23-14(16(18,19)20)13(9-22-23)15(24)21-8-12-2-1-7-25-12/h1-7,9H,8H2,(H,21,24). The lowest BCUT2D eigenvalue weighted by molar-refractivity contribution is -0.143. The van der Waals surface area contributed by atoms with Gasteiger partial charge in [-0.25, -0.2) is 9.07 Å². The van der Waals surface area contributed by atoms with Gasteiger partial charge in [-0.05, 0) is 36.4 Å². The lowest BCUT2D eigenvalue weighted by atomic mass is 10.2. The first-order chi connectivity index (χ1) is 11.9. The van der Waals surface area contributed by atoms with Crippen molar-refractivity contribution in [3.63, 3.8) is 0 Å². The lowest BCUT2D eigenvalue weighted by Crippen LogP contribution is -2.26. The predicted octanol–water partition coefficient (Wildman–Crippen LogP) is 3.55. The summed E-state index contributed by atoms with van der Waals surface area (Å²) in [4.78, 5) is 12.1. The minimum absolute atomic E-state index is 0.0150. The summed E-state index contributed by atoms with van der Waals surface area (Å²) in [5.74, 6) is -1.15. The fraction of sp³-hybridized carbons (Fsp3) is 0.125. The Labute approximate surface area is 138 Å². The average Bonchev–Trinajstić information content (AvgIpc) is 3.22. The van der Waals surface area contributed by atoms with E-state index < -0.39 is 29.2 Å². The van der Waals surface area contributed by atoms with Crippen LogP contribution in [0, 0.1) is 5.82 Å². The van der Waals surface area contributed by atoms with Crippen LogP contribution < -0.4 is 5.32 Å². The predicted molar refractivity (Wildman–Crippen MR) is 78.4 cm³/mol. The number of hydrogen-bond acceptors (Lipinski definition) is 3. The maximum atomic E-state index is 13.4. The van der Waals surface area contributed by atoms with E-state index in [4.69, 9.17) is 4.42 Å². The van der Waals surface area contributed by atoms with E-state index in [-0.39, 0.29) is 12.2 Å². The summed E-state index contributed by atoms with van der Waals surface area (Å²) in [6.07, 6.45) is -2.62. The number of benzene rings is 1. The highest BCUT2D eigenvalue weighted by atomic mass is 19.4. The Morgan fingerprint density at radius 2 is 1.92 bits per heavy atom. The summed E-state index contributed by atoms with van der Waals surface area (Å²) in [6, 6.07) is 7.47. The van der Waals surface area contributed by atoms with Gasteiger partial charge in [-0.1, -0.05) is 0 Å². The van der Waals surface area contributed by atoms with Gasteiger partial charge < -0.3 is 9.73 Å². The van der Waals surface area contributed by atoms with Crippen LogP contribution in [0.5, 0.6) is 0 Å². The Hall–Kier alpha value is -3.10. The first-order valence-electron chi connectivity index (χ1n) is 7.08. The van der Waals surface area contributed by atoms with E-state index >= 15 is 0 Å². The molecule has 0 fully saturated rings. The normalized spacial score (nSPS) is 11.5. The summed E-state index contributed by atoms with van der Waals surface area (Å²) in [5.41, 5.74) is -1.89. The highest BCUT2D eigenvalue weighted by molar-refractivity contribution is 5.95. The van der Waals surface area contributed by atoms with Crippen LogP contribution in [0.4, 0.5) is 17.6 Å². The number of aromatic nitrogens is 2. The number of carbonyl (C=O) groups excluding carboxylic acids is 1. The number of rotatable bonds is 4. The summed E-state index contributed by atoms with van der Waals surface area (Å²) < 4.78 is 58.9. The van der Waals surface area contributed by atoms with Crippen LogP contribution >= 0.6 is 0 Å². The van der Waals surface area contributed by atoms with Crippen molar-refractivity contribution in [1.82, 2.24) is 15.1 Å². The molecule has 0 saturated heterocycles. The Morgan fingerprint density at radius 1 is 1.20 bits per heavy atom. The number of furan rings is 1. The van der Waals surface area contributed by atoms with Gasteiger partial charge in [0.25, 0.3) is 5.91 Å². The first kappa shape index (κ1) is 16.7. The van der Waals surface area contributed by atoms with Crippen molar-refractivity contribution in [3.05, 3.63) is 71.7 Å². The van der Waals surface area contributed by atoms with Gasteiger partial charge in [-0.15, -0.1) is 0 Å². The molecule has 0 aliphatic rings. The molecule has 0 saturated carbocycles. The molecule has 1 amide bonds. The molecule has 0 aliphatic carbocycles. The van der Waals surface area contributed by atoms with Crippen molar-refractivity contribution in [3.8, 4) is 5.69 Å². The Kier molecular flexibility index (Phi) is 4.30. The Bertz CT molecular complexity index is 868. The lowest BCUT2D eigenvalue weighted by Gasteiger charge is -2.12. The summed E-state index contributed by atoms with van der Waals surface area (Å²) in [7, 11) is 0. The van der Waals surface area contributed by atoms with Crippen LogP contribution in [-0.2, 0) is 12.7 Å². The monoisotopic (exact) mass is 353 g/mol. The molecule has 1 N–H and O–H groups in total. The van der Waals surface area contributed by atoms with E-state index in [2.05, 4.69) is 10.4 Å². The van der Waals surface area contributed by atoms with Crippen LogP contribution in [0.1, 0.15) is 21.8 Å². The maximum Gasteiger partial charge on any atom is 0.434 e. The van der Waals surface area contributed by atoms with E-state index in [0.717, 1.165) is 30.5 Å². The number of hydrogen-bond donors (Lipinski definition) is 1. The summed E-state index contributed by atoms with van der Waals surface area (Å²) in [5, 5.41) is 5.98. The van der Waals surface area contributed by atoms with E-state index in [0.29, 0.717) is 10.4 Å². The minimum Gasteiger partial charge on any atom is -0.467 e. The molecule has 25 heavy (non-hydrogen) atoms. The van der Waals surface area contributed by atoms with Crippen LogP contribution in [0.15, 0.2) is 53.3 Å². The maximum absolute atomic E-state index is 13.4. The van der Waals surface area contributed by atoms with E-state index in [9.17, 15) is 22.4 Å². The molecule has 0 aliphatic heterocycles. The van der Waals surface area contributed by atoms with Crippen molar-refractivity contribution in [1.29, 1.82) is 0 Å². The molecule has 3 rings (SSSR count). The fourth-order valence-electron chi connectivity index (χ4n) is 2.24. The number of amides is 1. The number of halogens is 4. The van der Waals surface area contributed by atoms with Crippen LogP contribution in [0.2, 0.25) is 0 Å². The summed E-state index contributed by atoms with van der Waals surface area (Å²) in [6.45, 7) is -0.0646. The van der Waals surface area contributed by atoms with Gasteiger partial charge >= 0.3 is 6.18 Å². The van der Waals surface area contributed by atoms with Gasteiger partial charge in [0.15, 0.2) is 5.69 Å². The number of nitrogens with zero attached hydrogens (tertiary/aromatic N) is 2. The molecular formula is C16H11F4N3O2. The molecule has 130 valence electrons. The van der Waals surface area contributed by atoms with Crippen molar-refractivity contribution in [2.24, 2.45) is 0 Å². The second kappa shape index (κ2) is 6.42. The molecule has 0 atom stereocenters. The van der Waals surface area contributed by atoms with E-state index in [1.807, 2.05) is 0 Å². The molecule has 2 aromatic heterocycles. The molecular weight excluding hydrogens is 342 g/mol. The first-order valence-corrected chi connectivity index (χ1v) is 7.08. The summed E-state index contributed by atoms with van der Waals surface area (Å²) >= 11 is 0. The number of carbonyl (C=O) groups is 1. The number of alkyl halides is 3. The molecule has 0 unspecified atom stereocenters. The van der Waals surface area contributed by atoms with Gasteiger partial charge in [0.2, 0.25) is 0 Å². The van der Waals surface area contributed by atoms with Crippen LogP contribution in [-0.4, -0.2) is 15.7 Å². The molecule has 2 heterocycles. The SMILES string of the molecule is O=C(NCc1ccco1)c1cnn(-c2ccc(F)cc2)c1C(F)(F)F. The topological polar surface area (TPSA) is 60.1 Å². The van der Waals surface area contributed by atoms with Gasteiger partial charge in [0.05, 0.1) is 30.3 Å².